The van der Waals surface area contributed by atoms with Crippen LogP contribution in [0, 0.1) is 15.2 Å². The molecule has 0 bridgehead atoms. The molecule has 154 valence electrons. The number of hydrogen-bond acceptors (Lipinski definition) is 5. The Kier molecular flexibility index (Phi) is 9.44. The molecule has 0 aliphatic rings. The van der Waals surface area contributed by atoms with Gasteiger partial charge < -0.3 is 5.11 Å². The number of hydrogen-bond donors (Lipinski definition) is 2. The average Bonchev–Trinajstić information content (AvgIpc) is 3.45. The zero-order chi connectivity index (χ0) is 21.6. The zero-order valence-corrected chi connectivity index (χ0v) is 20.7. The molecular formula is C20H17F2IN6NaO+. The molecule has 11 heteroatoms. The van der Waals surface area contributed by atoms with Gasteiger partial charge in [-0.15, -0.1) is 0 Å². The van der Waals surface area contributed by atoms with Crippen molar-refractivity contribution >= 4 is 28.2 Å². The molecule has 2 heterocycles. The van der Waals surface area contributed by atoms with Crippen LogP contribution in [0.15, 0.2) is 74.4 Å². The summed E-state index contributed by atoms with van der Waals surface area (Å²) in [6.07, 6.45) is 5.68. The average molecular weight is 545 g/mol. The third kappa shape index (κ3) is 6.50. The monoisotopic (exact) mass is 545 g/mol. The Morgan fingerprint density at radius 2 is 1.87 bits per heavy atom. The van der Waals surface area contributed by atoms with E-state index in [-0.39, 0.29) is 47.2 Å². The first-order chi connectivity index (χ1) is 14.4. The molecule has 0 aliphatic carbocycles. The van der Waals surface area contributed by atoms with E-state index in [4.69, 9.17) is 0 Å². The quantitative estimate of drug-likeness (QED) is 0.283. The van der Waals surface area contributed by atoms with Gasteiger partial charge >= 0.3 is 29.6 Å². The summed E-state index contributed by atoms with van der Waals surface area (Å²) in [5, 5.41) is 21.3. The number of nitrogens with one attached hydrogen (secondary N) is 1. The summed E-state index contributed by atoms with van der Waals surface area (Å²) >= 11 is 2.16. The Balaban J connectivity index is 0.000000501. The molecule has 4 aromatic rings. The number of aromatic amines is 1. The first-order valence-corrected chi connectivity index (χ1v) is 9.72. The molecule has 0 amide bonds. The van der Waals surface area contributed by atoms with Crippen molar-refractivity contribution in [1.82, 2.24) is 29.9 Å². The fraction of sp³-hybridized carbons (Fsp3) is 0.100. The molecule has 7 nitrogen and oxygen atoms in total. The van der Waals surface area contributed by atoms with Crippen LogP contribution < -0.4 is 29.6 Å². The first-order valence-electron chi connectivity index (χ1n) is 8.64. The van der Waals surface area contributed by atoms with Gasteiger partial charge in [-0.1, -0.05) is 18.7 Å². The van der Waals surface area contributed by atoms with E-state index in [9.17, 15) is 13.9 Å². The summed E-state index contributed by atoms with van der Waals surface area (Å²) in [5.41, 5.74) is -0.970. The topological polar surface area (TPSA) is 92.5 Å². The van der Waals surface area contributed by atoms with Gasteiger partial charge in [0, 0.05) is 15.2 Å². The smallest absolute Gasteiger partial charge is 0.378 e. The van der Waals surface area contributed by atoms with Crippen molar-refractivity contribution in [3.8, 4) is 0 Å². The van der Waals surface area contributed by atoms with Gasteiger partial charge in [0.25, 0.3) is 0 Å². The van der Waals surface area contributed by atoms with E-state index in [0.717, 1.165) is 15.7 Å². The summed E-state index contributed by atoms with van der Waals surface area (Å²) in [6.45, 7) is 3.86. The number of aliphatic hydroxyl groups is 1. The molecule has 0 saturated carbocycles. The van der Waals surface area contributed by atoms with Crippen molar-refractivity contribution in [2.24, 2.45) is 0 Å². The number of nitrogens with zero attached hydrogens (tertiary/aromatic N) is 5. The molecule has 1 unspecified atom stereocenters. The van der Waals surface area contributed by atoms with Gasteiger partial charge in [0.2, 0.25) is 0 Å². The molecule has 2 aromatic heterocycles. The van der Waals surface area contributed by atoms with E-state index >= 15 is 0 Å². The minimum Gasteiger partial charge on any atom is -0.378 e. The number of rotatable bonds is 5. The van der Waals surface area contributed by atoms with Crippen LogP contribution in [0.5, 0.6) is 0 Å². The predicted molar refractivity (Wildman–Crippen MR) is 115 cm³/mol. The van der Waals surface area contributed by atoms with Crippen LogP contribution in [0.4, 0.5) is 8.78 Å². The van der Waals surface area contributed by atoms with Crippen molar-refractivity contribution in [1.29, 1.82) is 0 Å². The van der Waals surface area contributed by atoms with Gasteiger partial charge in [0.15, 0.2) is 0 Å². The van der Waals surface area contributed by atoms with E-state index in [2.05, 4.69) is 54.4 Å². The molecule has 2 aromatic carbocycles. The maximum absolute atomic E-state index is 14.4. The second-order valence-electron chi connectivity index (χ2n) is 6.21. The van der Waals surface area contributed by atoms with Crippen molar-refractivity contribution in [2.75, 3.05) is 0 Å². The summed E-state index contributed by atoms with van der Waals surface area (Å²) in [4.78, 5) is 7.39. The summed E-state index contributed by atoms with van der Waals surface area (Å²) in [5.74, 6) is -1.57. The van der Waals surface area contributed by atoms with Gasteiger partial charge in [-0.3, -0.25) is 5.10 Å². The van der Waals surface area contributed by atoms with Crippen LogP contribution in [-0.2, 0) is 12.1 Å². The Hall–Kier alpha value is -1.99. The minimum absolute atomic E-state index is 0. The second kappa shape index (κ2) is 11.6. The molecule has 4 rings (SSSR count). The van der Waals surface area contributed by atoms with Crippen LogP contribution in [0.2, 0.25) is 0 Å². The Morgan fingerprint density at radius 1 is 1.13 bits per heavy atom. The van der Waals surface area contributed by atoms with E-state index in [1.807, 2.05) is 12.1 Å². The maximum atomic E-state index is 14.4. The summed E-state index contributed by atoms with van der Waals surface area (Å²) in [7, 11) is 0. The Morgan fingerprint density at radius 3 is 2.39 bits per heavy atom. The van der Waals surface area contributed by atoms with Crippen LogP contribution in [-0.4, -0.2) is 35.1 Å². The van der Waals surface area contributed by atoms with Crippen LogP contribution in [0.25, 0.3) is 5.57 Å². The number of aromatic nitrogens is 6. The molecule has 0 radical (unpaired) electrons. The maximum Gasteiger partial charge on any atom is 1.00 e. The van der Waals surface area contributed by atoms with Crippen LogP contribution >= 0.6 is 22.6 Å². The predicted octanol–water partition coefficient (Wildman–Crippen LogP) is 0.571. The zero-order valence-electron chi connectivity index (χ0n) is 16.6. The van der Waals surface area contributed by atoms with E-state index in [1.54, 1.807) is 12.1 Å². The van der Waals surface area contributed by atoms with Gasteiger partial charge in [-0.05, 0) is 58.0 Å². The third-order valence-corrected chi connectivity index (χ3v) is 4.98. The van der Waals surface area contributed by atoms with Crippen molar-refractivity contribution in [3.63, 3.8) is 0 Å². The fourth-order valence-electron chi connectivity index (χ4n) is 2.77. The van der Waals surface area contributed by atoms with E-state index < -0.39 is 17.2 Å². The molecule has 0 spiro atoms. The van der Waals surface area contributed by atoms with Gasteiger partial charge in [-0.2, -0.15) is 10.2 Å². The molecule has 31 heavy (non-hydrogen) atoms. The SMILES string of the molecule is C=C(c1ccc(I)cc1)C(O)(Cn1cncn1)c1ccc(F)cc1F.[Na+].c1nc[nH]n1. The number of H-pyrrole nitrogens is 1. The fourth-order valence-corrected chi connectivity index (χ4v) is 3.13. The van der Waals surface area contributed by atoms with Gasteiger partial charge in [-0.25, -0.2) is 23.4 Å². The molecule has 1 atom stereocenters. The summed E-state index contributed by atoms with van der Waals surface area (Å²) < 4.78 is 30.1. The first kappa shape index (κ1) is 25.3. The second-order valence-corrected chi connectivity index (χ2v) is 7.46. The number of halogens is 3. The molecular weight excluding hydrogens is 528 g/mol. The normalized spacial score (nSPS) is 12.1. The molecule has 0 saturated heterocycles. The standard InChI is InChI=1S/C18H14F2IN3O.C2H3N3.Na/c1-12(13-2-5-15(21)6-3-13)18(25,9-24-11-22-10-23-24)16-7-4-14(19)8-17(16)20;1-3-2-5-4-1;/h2-8,10-11,25H,1,9H2;1-2H,(H,3,4,5);/q;;+1. The van der Waals surface area contributed by atoms with E-state index in [1.165, 1.54) is 36.1 Å². The van der Waals surface area contributed by atoms with E-state index in [0.29, 0.717) is 5.56 Å². The number of benzene rings is 2. The van der Waals surface area contributed by atoms with Crippen LogP contribution in [0.3, 0.4) is 0 Å². The summed E-state index contributed by atoms with van der Waals surface area (Å²) in [6, 6.07) is 10.4. The Bertz CT molecular complexity index is 1080. The van der Waals surface area contributed by atoms with Gasteiger partial charge in [0.1, 0.15) is 42.5 Å². The van der Waals surface area contributed by atoms with Crippen molar-refractivity contribution in [3.05, 3.63) is 101 Å². The minimum atomic E-state index is -1.82. The van der Waals surface area contributed by atoms with Crippen molar-refractivity contribution in [2.45, 2.75) is 12.1 Å². The third-order valence-electron chi connectivity index (χ3n) is 4.26. The molecule has 0 aliphatic heterocycles. The van der Waals surface area contributed by atoms with Crippen molar-refractivity contribution < 1.29 is 43.4 Å². The van der Waals surface area contributed by atoms with Crippen LogP contribution in [0.1, 0.15) is 11.1 Å². The molecule has 2 N–H and O–H groups in total. The molecule has 0 fully saturated rings. The Labute approximate surface area is 213 Å². The largest absolute Gasteiger partial charge is 1.00 e. The van der Waals surface area contributed by atoms with Gasteiger partial charge in [0.05, 0.1) is 6.54 Å².